The number of carbonyl (C=O) groups is 1. The molecule has 4 fully saturated rings. The number of aliphatic hydroxyl groups excluding tert-OH is 1. The molecule has 4 rings (SSSR count). The molecule has 1 aliphatic heterocycles. The third-order valence-electron chi connectivity index (χ3n) is 8.39. The number of hydrogen-bond acceptors (Lipinski definition) is 2. The van der Waals surface area contributed by atoms with Gasteiger partial charge in [0.05, 0.1) is 6.10 Å². The summed E-state index contributed by atoms with van der Waals surface area (Å²) in [7, 11) is 0. The standard InChI is InChI=1S/C20H31NO2/c1-12-4-5-15-14-11-21-18(23)17-10-13(22)6-8-20(17,3)16(14)7-9-19(12,15)2/h13-17,22H,1,4-11H2,2-3H3,(H,21,23)/t13-,14-,15-,16?,17+,19+,20+/m0/s1. The summed E-state index contributed by atoms with van der Waals surface area (Å²) in [6, 6.07) is 0. The van der Waals surface area contributed by atoms with Crippen LogP contribution in [0.1, 0.15) is 58.8 Å². The Morgan fingerprint density at radius 3 is 2.74 bits per heavy atom. The number of amides is 1. The molecule has 1 saturated heterocycles. The summed E-state index contributed by atoms with van der Waals surface area (Å²) in [4.78, 5) is 12.7. The zero-order valence-electron chi connectivity index (χ0n) is 14.6. The Morgan fingerprint density at radius 1 is 1.17 bits per heavy atom. The maximum atomic E-state index is 12.7. The Balaban J connectivity index is 1.71. The molecular weight excluding hydrogens is 286 g/mol. The van der Waals surface area contributed by atoms with Crippen LogP contribution in [0.25, 0.3) is 0 Å². The Morgan fingerprint density at radius 2 is 1.96 bits per heavy atom. The molecule has 0 aromatic heterocycles. The van der Waals surface area contributed by atoms with Gasteiger partial charge in [0, 0.05) is 12.5 Å². The molecule has 0 bridgehead atoms. The van der Waals surface area contributed by atoms with Crippen LogP contribution in [0, 0.1) is 34.5 Å². The van der Waals surface area contributed by atoms with Gasteiger partial charge >= 0.3 is 0 Å². The normalized spacial score (nSPS) is 52.9. The molecule has 1 heterocycles. The fraction of sp³-hybridized carbons (Fsp3) is 0.850. The van der Waals surface area contributed by atoms with Crippen molar-refractivity contribution in [3.8, 4) is 0 Å². The van der Waals surface area contributed by atoms with Gasteiger partial charge in [0.15, 0.2) is 0 Å². The number of aliphatic hydroxyl groups is 1. The summed E-state index contributed by atoms with van der Waals surface area (Å²) in [6.45, 7) is 9.97. The zero-order valence-corrected chi connectivity index (χ0v) is 14.6. The van der Waals surface area contributed by atoms with Crippen molar-refractivity contribution in [1.29, 1.82) is 0 Å². The van der Waals surface area contributed by atoms with E-state index in [1.807, 2.05) is 0 Å². The van der Waals surface area contributed by atoms with Crippen molar-refractivity contribution >= 4 is 5.91 Å². The number of fused-ring (bicyclic) bond motifs is 5. The lowest BCUT2D eigenvalue weighted by Crippen LogP contribution is -2.50. The van der Waals surface area contributed by atoms with E-state index in [-0.39, 0.29) is 28.8 Å². The maximum Gasteiger partial charge on any atom is 0.223 e. The summed E-state index contributed by atoms with van der Waals surface area (Å²) in [5.41, 5.74) is 1.80. The smallest absolute Gasteiger partial charge is 0.223 e. The number of rotatable bonds is 0. The molecule has 2 N–H and O–H groups in total. The van der Waals surface area contributed by atoms with Crippen molar-refractivity contribution in [2.24, 2.45) is 34.5 Å². The second kappa shape index (κ2) is 5.08. The minimum atomic E-state index is -0.296. The predicted octanol–water partition coefficient (Wildman–Crippen LogP) is 3.28. The van der Waals surface area contributed by atoms with Crippen molar-refractivity contribution in [2.45, 2.75) is 64.9 Å². The highest BCUT2D eigenvalue weighted by atomic mass is 16.3. The van der Waals surface area contributed by atoms with Gasteiger partial charge < -0.3 is 10.4 Å². The first-order chi connectivity index (χ1) is 10.9. The van der Waals surface area contributed by atoms with Crippen molar-refractivity contribution < 1.29 is 9.90 Å². The van der Waals surface area contributed by atoms with Crippen LogP contribution in [-0.2, 0) is 4.79 Å². The predicted molar refractivity (Wildman–Crippen MR) is 90.6 cm³/mol. The van der Waals surface area contributed by atoms with Gasteiger partial charge in [-0.3, -0.25) is 4.79 Å². The zero-order chi connectivity index (χ0) is 16.4. The summed E-state index contributed by atoms with van der Waals surface area (Å²) in [5.74, 6) is 2.07. The van der Waals surface area contributed by atoms with E-state index >= 15 is 0 Å². The van der Waals surface area contributed by atoms with E-state index in [1.165, 1.54) is 24.8 Å². The molecule has 0 aromatic rings. The molecule has 3 saturated carbocycles. The topological polar surface area (TPSA) is 49.3 Å². The first kappa shape index (κ1) is 15.7. The number of allylic oxidation sites excluding steroid dienone is 1. The third kappa shape index (κ3) is 2.08. The second-order valence-corrected chi connectivity index (χ2v) is 9.21. The molecule has 4 aliphatic rings. The van der Waals surface area contributed by atoms with E-state index in [9.17, 15) is 9.90 Å². The van der Waals surface area contributed by atoms with E-state index < -0.39 is 0 Å². The Kier molecular flexibility index (Phi) is 3.46. The van der Waals surface area contributed by atoms with Crippen molar-refractivity contribution in [3.63, 3.8) is 0 Å². The van der Waals surface area contributed by atoms with Crippen LogP contribution in [0.15, 0.2) is 12.2 Å². The Hall–Kier alpha value is -0.830. The lowest BCUT2D eigenvalue weighted by Gasteiger charge is -2.54. The fourth-order valence-electron chi connectivity index (χ4n) is 6.80. The lowest BCUT2D eigenvalue weighted by atomic mass is 9.50. The Bertz CT molecular complexity index is 544. The van der Waals surface area contributed by atoms with Gasteiger partial charge in [0.25, 0.3) is 0 Å². The van der Waals surface area contributed by atoms with Crippen LogP contribution in [0.3, 0.4) is 0 Å². The molecule has 0 aromatic carbocycles. The van der Waals surface area contributed by atoms with Gasteiger partial charge in [-0.2, -0.15) is 0 Å². The number of carbonyl (C=O) groups excluding carboxylic acids is 1. The minimum Gasteiger partial charge on any atom is -0.393 e. The maximum absolute atomic E-state index is 12.7. The second-order valence-electron chi connectivity index (χ2n) is 9.21. The number of nitrogens with one attached hydrogen (secondary N) is 1. The van der Waals surface area contributed by atoms with Gasteiger partial charge in [-0.05, 0) is 73.5 Å². The molecule has 3 heteroatoms. The molecule has 0 spiro atoms. The highest BCUT2D eigenvalue weighted by Crippen LogP contribution is 2.63. The average molecular weight is 317 g/mol. The van der Waals surface area contributed by atoms with Gasteiger partial charge in [-0.1, -0.05) is 26.0 Å². The van der Waals surface area contributed by atoms with E-state index in [4.69, 9.17) is 0 Å². The molecule has 3 aliphatic carbocycles. The highest BCUT2D eigenvalue weighted by molar-refractivity contribution is 5.80. The molecule has 3 nitrogen and oxygen atoms in total. The van der Waals surface area contributed by atoms with Crippen LogP contribution in [0.2, 0.25) is 0 Å². The molecule has 7 atom stereocenters. The molecule has 128 valence electrons. The molecule has 1 amide bonds. The van der Waals surface area contributed by atoms with Crippen LogP contribution in [-0.4, -0.2) is 23.7 Å². The first-order valence-corrected chi connectivity index (χ1v) is 9.50. The lowest BCUT2D eigenvalue weighted by molar-refractivity contribution is -0.136. The van der Waals surface area contributed by atoms with Crippen molar-refractivity contribution in [2.75, 3.05) is 6.54 Å². The Labute approximate surface area is 139 Å². The third-order valence-corrected chi connectivity index (χ3v) is 8.39. The van der Waals surface area contributed by atoms with Crippen LogP contribution < -0.4 is 5.32 Å². The molecule has 0 radical (unpaired) electrons. The SMILES string of the molecule is C=C1CC[C@H]2[C@@H]3CNC(=O)[C@H]4C[C@@H](O)CC[C@]4(C)C3CC[C@]12C. The summed E-state index contributed by atoms with van der Waals surface area (Å²) in [6.07, 6.45) is 7.07. The molecular formula is C20H31NO2. The molecule has 1 unspecified atom stereocenters. The van der Waals surface area contributed by atoms with Crippen LogP contribution in [0.5, 0.6) is 0 Å². The highest BCUT2D eigenvalue weighted by Gasteiger charge is 2.59. The van der Waals surface area contributed by atoms with E-state index in [2.05, 4.69) is 25.7 Å². The van der Waals surface area contributed by atoms with E-state index in [0.29, 0.717) is 24.2 Å². The summed E-state index contributed by atoms with van der Waals surface area (Å²) >= 11 is 0. The van der Waals surface area contributed by atoms with Crippen molar-refractivity contribution in [1.82, 2.24) is 5.32 Å². The van der Waals surface area contributed by atoms with Crippen LogP contribution in [0.4, 0.5) is 0 Å². The average Bonchev–Trinajstić information content (AvgIpc) is 2.77. The van der Waals surface area contributed by atoms with Crippen molar-refractivity contribution in [3.05, 3.63) is 12.2 Å². The summed E-state index contributed by atoms with van der Waals surface area (Å²) in [5, 5.41) is 13.4. The quantitative estimate of drug-likeness (QED) is 0.674. The minimum absolute atomic E-state index is 0.00443. The van der Waals surface area contributed by atoms with Gasteiger partial charge in [-0.15, -0.1) is 0 Å². The van der Waals surface area contributed by atoms with Gasteiger partial charge in [-0.25, -0.2) is 0 Å². The number of hydrogen-bond donors (Lipinski definition) is 2. The van der Waals surface area contributed by atoms with E-state index in [1.54, 1.807) is 0 Å². The largest absolute Gasteiger partial charge is 0.393 e. The fourth-order valence-corrected chi connectivity index (χ4v) is 6.80. The molecule has 23 heavy (non-hydrogen) atoms. The van der Waals surface area contributed by atoms with E-state index in [0.717, 1.165) is 25.8 Å². The van der Waals surface area contributed by atoms with Gasteiger partial charge in [0.1, 0.15) is 0 Å². The first-order valence-electron chi connectivity index (χ1n) is 9.50. The monoisotopic (exact) mass is 317 g/mol. The van der Waals surface area contributed by atoms with Crippen LogP contribution >= 0.6 is 0 Å². The summed E-state index contributed by atoms with van der Waals surface area (Å²) < 4.78 is 0. The van der Waals surface area contributed by atoms with Gasteiger partial charge in [0.2, 0.25) is 5.91 Å².